The Kier molecular flexibility index (Phi) is 2.67. The van der Waals surface area contributed by atoms with Crippen molar-refractivity contribution >= 4 is 11.7 Å². The summed E-state index contributed by atoms with van der Waals surface area (Å²) in [6.07, 6.45) is 0.477. The number of nitro groups is 1. The molecule has 2 aromatic rings. The van der Waals surface area contributed by atoms with E-state index in [0.717, 1.165) is 0 Å². The summed E-state index contributed by atoms with van der Waals surface area (Å²) in [5, 5.41) is 30.8. The molecule has 9 heteroatoms. The minimum atomic E-state index is -0.886. The summed E-state index contributed by atoms with van der Waals surface area (Å²) in [5.41, 5.74) is 0.366. The number of nitrogens with zero attached hydrogens (tertiary/aromatic N) is 5. The molecule has 0 saturated heterocycles. The number of carboxylic acids is 1. The van der Waals surface area contributed by atoms with Crippen LogP contribution in [0, 0.1) is 16.0 Å². The van der Waals surface area contributed by atoms with Crippen molar-refractivity contribution in [2.45, 2.75) is 12.3 Å². The number of aromatic nitrogens is 4. The maximum absolute atomic E-state index is 10.9. The van der Waals surface area contributed by atoms with Gasteiger partial charge in [-0.1, -0.05) is 6.07 Å². The molecule has 1 aliphatic carbocycles. The van der Waals surface area contributed by atoms with E-state index >= 15 is 0 Å². The van der Waals surface area contributed by atoms with Crippen molar-refractivity contribution in [1.82, 2.24) is 20.2 Å². The molecule has 1 saturated carbocycles. The highest BCUT2D eigenvalue weighted by Crippen LogP contribution is 2.46. The summed E-state index contributed by atoms with van der Waals surface area (Å²) in [4.78, 5) is 21.1. The molecule has 1 aliphatic rings. The van der Waals surface area contributed by atoms with E-state index in [1.54, 1.807) is 6.07 Å². The van der Waals surface area contributed by atoms with Gasteiger partial charge in [0.05, 0.1) is 16.5 Å². The average Bonchev–Trinajstić information content (AvgIpc) is 3.09. The van der Waals surface area contributed by atoms with E-state index in [4.69, 9.17) is 5.11 Å². The number of tetrazole rings is 1. The van der Waals surface area contributed by atoms with Crippen molar-refractivity contribution in [2.24, 2.45) is 5.92 Å². The highest BCUT2D eigenvalue weighted by atomic mass is 16.6. The lowest BCUT2D eigenvalue weighted by Gasteiger charge is -2.03. The zero-order valence-corrected chi connectivity index (χ0v) is 10.1. The van der Waals surface area contributed by atoms with Crippen molar-refractivity contribution in [3.05, 3.63) is 40.2 Å². The second-order valence-corrected chi connectivity index (χ2v) is 4.51. The van der Waals surface area contributed by atoms with E-state index < -0.39 is 16.8 Å². The van der Waals surface area contributed by atoms with Gasteiger partial charge in [0.15, 0.2) is 5.82 Å². The van der Waals surface area contributed by atoms with Crippen LogP contribution in [0.2, 0.25) is 0 Å². The lowest BCUT2D eigenvalue weighted by atomic mass is 10.2. The van der Waals surface area contributed by atoms with E-state index in [1.807, 2.05) is 0 Å². The zero-order chi connectivity index (χ0) is 14.3. The van der Waals surface area contributed by atoms with Gasteiger partial charge in [0, 0.05) is 18.1 Å². The minimum Gasteiger partial charge on any atom is -0.481 e. The molecule has 1 N–H and O–H groups in total. The smallest absolute Gasteiger partial charge is 0.307 e. The molecule has 0 bridgehead atoms. The molecule has 0 amide bonds. The summed E-state index contributed by atoms with van der Waals surface area (Å²) >= 11 is 0. The number of carboxylic acid groups (broad SMARTS) is 1. The topological polar surface area (TPSA) is 124 Å². The van der Waals surface area contributed by atoms with Crippen LogP contribution in [-0.2, 0) is 4.79 Å². The zero-order valence-electron chi connectivity index (χ0n) is 10.1. The van der Waals surface area contributed by atoms with E-state index in [0.29, 0.717) is 17.9 Å². The van der Waals surface area contributed by atoms with Crippen LogP contribution in [0.25, 0.3) is 5.69 Å². The molecule has 0 radical (unpaired) electrons. The Balaban J connectivity index is 1.96. The molecule has 0 spiro atoms. The highest BCUT2D eigenvalue weighted by Gasteiger charge is 2.47. The summed E-state index contributed by atoms with van der Waals surface area (Å²) in [6, 6.07) is 5.87. The SMILES string of the molecule is O=C(O)C1CC1c1nnnn1-c1cccc([N+](=O)[O-])c1. The number of carbonyl (C=O) groups is 1. The second kappa shape index (κ2) is 4.37. The summed E-state index contributed by atoms with van der Waals surface area (Å²) < 4.78 is 1.35. The number of benzene rings is 1. The van der Waals surface area contributed by atoms with E-state index in [-0.39, 0.29) is 11.6 Å². The molecule has 2 atom stereocenters. The monoisotopic (exact) mass is 275 g/mol. The molecule has 1 aromatic heterocycles. The summed E-state index contributed by atoms with van der Waals surface area (Å²) in [7, 11) is 0. The molecular formula is C11H9N5O4. The Morgan fingerprint density at radius 3 is 2.95 bits per heavy atom. The predicted molar refractivity (Wildman–Crippen MR) is 64.3 cm³/mol. The minimum absolute atomic E-state index is 0.0745. The Morgan fingerprint density at radius 2 is 2.30 bits per heavy atom. The largest absolute Gasteiger partial charge is 0.481 e. The standard InChI is InChI=1S/C11H9N5O4/c17-11(18)9-5-8(9)10-12-13-14-15(10)6-2-1-3-7(4-6)16(19)20/h1-4,8-9H,5H2,(H,17,18). The first kappa shape index (κ1) is 12.2. The first-order valence-electron chi connectivity index (χ1n) is 5.84. The number of rotatable bonds is 4. The Bertz CT molecular complexity index is 698. The lowest BCUT2D eigenvalue weighted by Crippen LogP contribution is -2.06. The van der Waals surface area contributed by atoms with Crippen LogP contribution in [0.3, 0.4) is 0 Å². The highest BCUT2D eigenvalue weighted by molar-refractivity contribution is 5.74. The molecular weight excluding hydrogens is 266 g/mol. The molecule has 1 fully saturated rings. The van der Waals surface area contributed by atoms with Crippen LogP contribution in [0.15, 0.2) is 24.3 Å². The van der Waals surface area contributed by atoms with Crippen LogP contribution in [-0.4, -0.2) is 36.2 Å². The van der Waals surface area contributed by atoms with E-state index in [9.17, 15) is 14.9 Å². The number of hydrogen-bond acceptors (Lipinski definition) is 6. The van der Waals surface area contributed by atoms with Gasteiger partial charge in [0.25, 0.3) is 5.69 Å². The van der Waals surface area contributed by atoms with Crippen molar-refractivity contribution in [2.75, 3.05) is 0 Å². The van der Waals surface area contributed by atoms with Crippen LogP contribution in [0.1, 0.15) is 18.2 Å². The van der Waals surface area contributed by atoms with Crippen LogP contribution in [0.5, 0.6) is 0 Å². The third-order valence-electron chi connectivity index (χ3n) is 3.22. The predicted octanol–water partition coefficient (Wildman–Crippen LogP) is 0.759. The fourth-order valence-electron chi connectivity index (χ4n) is 2.10. The van der Waals surface area contributed by atoms with Gasteiger partial charge in [0.2, 0.25) is 0 Å². The first-order valence-corrected chi connectivity index (χ1v) is 5.84. The molecule has 9 nitrogen and oxygen atoms in total. The Hall–Kier alpha value is -2.84. The summed E-state index contributed by atoms with van der Waals surface area (Å²) in [6.45, 7) is 0. The Morgan fingerprint density at radius 1 is 1.50 bits per heavy atom. The van der Waals surface area contributed by atoms with Gasteiger partial charge < -0.3 is 5.11 Å². The number of aliphatic carboxylic acids is 1. The van der Waals surface area contributed by atoms with Gasteiger partial charge in [-0.3, -0.25) is 14.9 Å². The molecule has 3 rings (SSSR count). The molecule has 1 aromatic carbocycles. The molecule has 20 heavy (non-hydrogen) atoms. The maximum atomic E-state index is 10.9. The van der Waals surface area contributed by atoms with Crippen molar-refractivity contribution in [3.63, 3.8) is 0 Å². The Labute approximate surface area is 112 Å². The van der Waals surface area contributed by atoms with Gasteiger partial charge in [0.1, 0.15) is 0 Å². The fourth-order valence-corrected chi connectivity index (χ4v) is 2.10. The van der Waals surface area contributed by atoms with E-state index in [1.165, 1.54) is 22.9 Å². The van der Waals surface area contributed by atoms with Crippen molar-refractivity contribution in [3.8, 4) is 5.69 Å². The fraction of sp³-hybridized carbons (Fsp3) is 0.273. The van der Waals surface area contributed by atoms with Crippen LogP contribution < -0.4 is 0 Å². The number of hydrogen-bond donors (Lipinski definition) is 1. The summed E-state index contributed by atoms with van der Waals surface area (Å²) in [5.74, 6) is -1.21. The molecule has 1 heterocycles. The van der Waals surface area contributed by atoms with Crippen molar-refractivity contribution in [1.29, 1.82) is 0 Å². The quantitative estimate of drug-likeness (QED) is 0.645. The second-order valence-electron chi connectivity index (χ2n) is 4.51. The van der Waals surface area contributed by atoms with Gasteiger partial charge in [-0.15, -0.1) is 5.10 Å². The van der Waals surface area contributed by atoms with Gasteiger partial charge in [-0.2, -0.15) is 4.68 Å². The lowest BCUT2D eigenvalue weighted by molar-refractivity contribution is -0.384. The first-order chi connectivity index (χ1) is 9.58. The van der Waals surface area contributed by atoms with E-state index in [2.05, 4.69) is 15.5 Å². The third-order valence-corrected chi connectivity index (χ3v) is 3.22. The molecule has 102 valence electrons. The molecule has 2 unspecified atom stereocenters. The maximum Gasteiger partial charge on any atom is 0.307 e. The van der Waals surface area contributed by atoms with Gasteiger partial charge in [-0.25, -0.2) is 0 Å². The normalized spacial score (nSPS) is 20.6. The average molecular weight is 275 g/mol. The third kappa shape index (κ3) is 1.98. The van der Waals surface area contributed by atoms with Gasteiger partial charge in [-0.05, 0) is 22.9 Å². The van der Waals surface area contributed by atoms with Crippen LogP contribution >= 0.6 is 0 Å². The number of non-ortho nitro benzene ring substituents is 1. The molecule has 0 aliphatic heterocycles. The number of nitro benzene ring substituents is 1. The van der Waals surface area contributed by atoms with Crippen LogP contribution in [0.4, 0.5) is 5.69 Å². The van der Waals surface area contributed by atoms with Crippen molar-refractivity contribution < 1.29 is 14.8 Å². The van der Waals surface area contributed by atoms with Gasteiger partial charge >= 0.3 is 5.97 Å².